The molecule has 0 amide bonds. The van der Waals surface area contributed by atoms with Crippen molar-refractivity contribution in [1.82, 2.24) is 0 Å². The lowest BCUT2D eigenvalue weighted by Crippen LogP contribution is -2.33. The molecule has 0 aromatic carbocycles. The summed E-state index contributed by atoms with van der Waals surface area (Å²) in [6.45, 7) is 0.535. The molecule has 0 radical (unpaired) electrons. The van der Waals surface area contributed by atoms with Crippen molar-refractivity contribution in [3.63, 3.8) is 0 Å². The first kappa shape index (κ1) is 16.1. The summed E-state index contributed by atoms with van der Waals surface area (Å²) in [6, 6.07) is 0. The molecule has 9 heteroatoms. The van der Waals surface area contributed by atoms with E-state index in [2.05, 4.69) is 4.74 Å². The van der Waals surface area contributed by atoms with Crippen LogP contribution >= 0.6 is 0 Å². The normalized spacial score (nSPS) is 12.7. The Morgan fingerprint density at radius 1 is 1.11 bits per heavy atom. The molecule has 0 bridgehead atoms. The Morgan fingerprint density at radius 2 is 1.56 bits per heavy atom. The lowest BCUT2D eigenvalue weighted by Gasteiger charge is -2.15. The molecule has 0 aromatic heterocycles. The summed E-state index contributed by atoms with van der Waals surface area (Å²) in [6.07, 6.45) is -8.84. The summed E-state index contributed by atoms with van der Waals surface area (Å²) >= 11 is 0. The fraction of sp³-hybridized carbons (Fsp3) is 0.556. The highest BCUT2D eigenvalue weighted by Crippen LogP contribution is 2.22. The molecule has 0 saturated carbocycles. The van der Waals surface area contributed by atoms with Gasteiger partial charge in [-0.15, -0.1) is 0 Å². The van der Waals surface area contributed by atoms with E-state index < -0.39 is 48.6 Å². The average molecular weight is 270 g/mol. The number of ether oxygens (including phenoxy) is 1. The summed E-state index contributed by atoms with van der Waals surface area (Å²) < 4.78 is 39.7. The average Bonchev–Trinajstić information content (AvgIpc) is 2.23. The van der Waals surface area contributed by atoms with Gasteiger partial charge in [-0.25, -0.2) is 9.59 Å². The first-order valence-corrected chi connectivity index (χ1v) is 4.62. The minimum Gasteiger partial charge on any atom is -0.476 e. The highest BCUT2D eigenvalue weighted by Gasteiger charge is 2.40. The van der Waals surface area contributed by atoms with Crippen LogP contribution in [0.4, 0.5) is 13.2 Å². The number of carbonyl (C=O) groups excluding carboxylic acids is 3. The third-order valence-electron chi connectivity index (χ3n) is 1.79. The molecule has 1 atom stereocenters. The first-order chi connectivity index (χ1) is 8.05. The highest BCUT2D eigenvalue weighted by atomic mass is 19.4. The van der Waals surface area contributed by atoms with Gasteiger partial charge in [0.15, 0.2) is 6.10 Å². The minimum atomic E-state index is -4.80. The molecule has 0 rings (SSSR count). The van der Waals surface area contributed by atoms with Gasteiger partial charge in [-0.3, -0.25) is 9.59 Å². The zero-order chi connectivity index (χ0) is 14.5. The number of ketones is 2. The number of alkyl halides is 3. The Bertz CT molecular complexity index is 373. The standard InChI is InChI=1S/C9H9F3O6/c1-4(9(10,11)12)18-8(17)6(14)3-2-5(13)7(15)16/h4H,2-3H2,1H3,(H,15,16). The number of hydrogen-bond acceptors (Lipinski definition) is 5. The summed E-state index contributed by atoms with van der Waals surface area (Å²) in [7, 11) is 0. The van der Waals surface area contributed by atoms with Crippen LogP contribution in [0.15, 0.2) is 0 Å². The van der Waals surface area contributed by atoms with Crippen molar-refractivity contribution in [2.75, 3.05) is 0 Å². The smallest absolute Gasteiger partial charge is 0.425 e. The van der Waals surface area contributed by atoms with Gasteiger partial charge in [0, 0.05) is 12.8 Å². The molecule has 0 spiro atoms. The fourth-order valence-corrected chi connectivity index (χ4v) is 0.729. The molecule has 0 heterocycles. The van der Waals surface area contributed by atoms with Crippen molar-refractivity contribution in [3.05, 3.63) is 0 Å². The number of carboxylic acids is 1. The Hall–Kier alpha value is -1.93. The molecular formula is C9H9F3O6. The van der Waals surface area contributed by atoms with Crippen LogP contribution in [0.3, 0.4) is 0 Å². The van der Waals surface area contributed by atoms with Crippen LogP contribution < -0.4 is 0 Å². The molecular weight excluding hydrogens is 261 g/mol. The number of halogens is 3. The Labute approximate surface area is 98.7 Å². The van der Waals surface area contributed by atoms with Gasteiger partial charge in [0.1, 0.15) is 0 Å². The van der Waals surface area contributed by atoms with Crippen molar-refractivity contribution in [2.45, 2.75) is 32.0 Å². The van der Waals surface area contributed by atoms with Crippen LogP contribution in [0.1, 0.15) is 19.8 Å². The largest absolute Gasteiger partial charge is 0.476 e. The fourth-order valence-electron chi connectivity index (χ4n) is 0.729. The van der Waals surface area contributed by atoms with Crippen molar-refractivity contribution in [2.24, 2.45) is 0 Å². The second-order valence-electron chi connectivity index (χ2n) is 3.24. The third kappa shape index (κ3) is 5.41. The lowest BCUT2D eigenvalue weighted by atomic mass is 10.1. The molecule has 18 heavy (non-hydrogen) atoms. The number of rotatable bonds is 6. The molecule has 102 valence electrons. The van der Waals surface area contributed by atoms with Crippen LogP contribution in [-0.4, -0.2) is 40.9 Å². The van der Waals surface area contributed by atoms with Gasteiger partial charge < -0.3 is 9.84 Å². The molecule has 0 saturated heterocycles. The van der Waals surface area contributed by atoms with Gasteiger partial charge in [0.05, 0.1) is 0 Å². The molecule has 0 aliphatic heterocycles. The predicted octanol–water partition coefficient (Wildman–Crippen LogP) is 0.483. The maximum atomic E-state index is 12.0. The zero-order valence-corrected chi connectivity index (χ0v) is 9.11. The molecule has 1 unspecified atom stereocenters. The number of hydrogen-bond donors (Lipinski definition) is 1. The van der Waals surface area contributed by atoms with E-state index in [0.29, 0.717) is 6.92 Å². The van der Waals surface area contributed by atoms with Crippen LogP contribution in [0.5, 0.6) is 0 Å². The SMILES string of the molecule is CC(OC(=O)C(=O)CCC(=O)C(=O)O)C(F)(F)F. The van der Waals surface area contributed by atoms with Crippen LogP contribution in [0.2, 0.25) is 0 Å². The zero-order valence-electron chi connectivity index (χ0n) is 9.11. The Morgan fingerprint density at radius 3 is 1.94 bits per heavy atom. The number of carbonyl (C=O) groups is 4. The Balaban J connectivity index is 4.25. The quantitative estimate of drug-likeness (QED) is 0.557. The van der Waals surface area contributed by atoms with E-state index in [9.17, 15) is 32.3 Å². The highest BCUT2D eigenvalue weighted by molar-refractivity contribution is 6.36. The third-order valence-corrected chi connectivity index (χ3v) is 1.79. The number of carboxylic acid groups (broad SMARTS) is 1. The van der Waals surface area contributed by atoms with Gasteiger partial charge in [-0.2, -0.15) is 13.2 Å². The molecule has 1 N–H and O–H groups in total. The van der Waals surface area contributed by atoms with E-state index in [1.165, 1.54) is 0 Å². The van der Waals surface area contributed by atoms with E-state index in [-0.39, 0.29) is 0 Å². The van der Waals surface area contributed by atoms with Crippen molar-refractivity contribution >= 4 is 23.5 Å². The second-order valence-corrected chi connectivity index (χ2v) is 3.24. The van der Waals surface area contributed by atoms with Crippen LogP contribution in [0, 0.1) is 0 Å². The van der Waals surface area contributed by atoms with Crippen molar-refractivity contribution in [3.8, 4) is 0 Å². The monoisotopic (exact) mass is 270 g/mol. The predicted molar refractivity (Wildman–Crippen MR) is 48.5 cm³/mol. The summed E-state index contributed by atoms with van der Waals surface area (Å²) in [5, 5.41) is 8.16. The van der Waals surface area contributed by atoms with E-state index in [4.69, 9.17) is 5.11 Å². The summed E-state index contributed by atoms with van der Waals surface area (Å²) in [5.41, 5.74) is 0. The van der Waals surface area contributed by atoms with Gasteiger partial charge in [0.2, 0.25) is 11.6 Å². The topological polar surface area (TPSA) is 97.7 Å². The number of Topliss-reactive ketones (excluding diaryl/α,β-unsaturated/α-hetero) is 2. The molecule has 0 aliphatic rings. The maximum absolute atomic E-state index is 12.0. The van der Waals surface area contributed by atoms with Gasteiger partial charge in [-0.1, -0.05) is 0 Å². The van der Waals surface area contributed by atoms with Gasteiger partial charge >= 0.3 is 18.1 Å². The van der Waals surface area contributed by atoms with E-state index >= 15 is 0 Å². The summed E-state index contributed by atoms with van der Waals surface area (Å²) in [5.74, 6) is -6.25. The van der Waals surface area contributed by atoms with Gasteiger partial charge in [-0.05, 0) is 6.92 Å². The van der Waals surface area contributed by atoms with Crippen molar-refractivity contribution in [1.29, 1.82) is 0 Å². The maximum Gasteiger partial charge on any atom is 0.425 e. The molecule has 6 nitrogen and oxygen atoms in total. The van der Waals surface area contributed by atoms with E-state index in [1.807, 2.05) is 0 Å². The van der Waals surface area contributed by atoms with E-state index in [0.717, 1.165) is 0 Å². The minimum absolute atomic E-state index is 0.535. The van der Waals surface area contributed by atoms with E-state index in [1.54, 1.807) is 0 Å². The van der Waals surface area contributed by atoms with Gasteiger partial charge in [0.25, 0.3) is 0 Å². The second kappa shape index (κ2) is 6.12. The Kier molecular flexibility index (Phi) is 5.47. The molecule has 0 aromatic rings. The molecule has 0 fully saturated rings. The number of esters is 1. The first-order valence-electron chi connectivity index (χ1n) is 4.62. The number of aliphatic carboxylic acids is 1. The molecule has 0 aliphatic carbocycles. The van der Waals surface area contributed by atoms with Crippen LogP contribution in [-0.2, 0) is 23.9 Å². The lowest BCUT2D eigenvalue weighted by molar-refractivity contribution is -0.215. The summed E-state index contributed by atoms with van der Waals surface area (Å²) in [4.78, 5) is 42.4. The van der Waals surface area contributed by atoms with Crippen LogP contribution in [0.25, 0.3) is 0 Å². The van der Waals surface area contributed by atoms with Crippen molar-refractivity contribution < 1.29 is 42.2 Å².